The molecule has 1 heterocycles. The predicted molar refractivity (Wildman–Crippen MR) is 46.1 cm³/mol. The molecule has 0 fully saturated rings. The van der Waals surface area contributed by atoms with Gasteiger partial charge in [-0.1, -0.05) is 0 Å². The number of thioether (sulfide) groups is 1. The molecule has 0 aliphatic heterocycles. The minimum Gasteiger partial charge on any atom is -0.298 e. The van der Waals surface area contributed by atoms with Crippen molar-refractivity contribution in [1.29, 1.82) is 5.26 Å². The zero-order valence-corrected chi connectivity index (χ0v) is 7.26. The molecular formula is C8H6N2OS. The van der Waals surface area contributed by atoms with Gasteiger partial charge in [-0.25, -0.2) is 4.98 Å². The fraction of sp³-hybridized carbons (Fsp3) is 0.125. The van der Waals surface area contributed by atoms with Crippen LogP contribution in [-0.2, 0) is 0 Å². The van der Waals surface area contributed by atoms with Gasteiger partial charge in [0.1, 0.15) is 11.1 Å². The Morgan fingerprint density at radius 3 is 3.00 bits per heavy atom. The Morgan fingerprint density at radius 1 is 1.75 bits per heavy atom. The first-order chi connectivity index (χ1) is 5.81. The van der Waals surface area contributed by atoms with Crippen molar-refractivity contribution < 1.29 is 4.79 Å². The number of aromatic nitrogens is 1. The second-order valence-electron chi connectivity index (χ2n) is 2.06. The standard InChI is InChI=1S/C8H6N2OS/c1-12-8-7(3-9)2-6(5-11)4-10-8/h2,4-5H,1H3. The minimum absolute atomic E-state index is 0.435. The van der Waals surface area contributed by atoms with E-state index in [0.717, 1.165) is 0 Å². The second-order valence-corrected chi connectivity index (χ2v) is 2.85. The maximum Gasteiger partial charge on any atom is 0.151 e. The number of rotatable bonds is 2. The quantitative estimate of drug-likeness (QED) is 0.508. The lowest BCUT2D eigenvalue weighted by atomic mass is 10.2. The first-order valence-corrected chi connectivity index (χ1v) is 4.43. The van der Waals surface area contributed by atoms with Crippen molar-refractivity contribution in [3.8, 4) is 6.07 Å². The van der Waals surface area contributed by atoms with Crippen LogP contribution in [-0.4, -0.2) is 17.5 Å². The SMILES string of the molecule is CSc1ncc(C=O)cc1C#N. The molecule has 1 aromatic heterocycles. The normalized spacial score (nSPS) is 9.00. The Bertz CT molecular complexity index is 343. The molecule has 0 amide bonds. The average Bonchev–Trinajstić information content (AvgIpc) is 2.16. The molecule has 60 valence electrons. The number of carbonyl (C=O) groups is 1. The van der Waals surface area contributed by atoms with Gasteiger partial charge in [0.15, 0.2) is 6.29 Å². The summed E-state index contributed by atoms with van der Waals surface area (Å²) in [5.41, 5.74) is 0.886. The van der Waals surface area contributed by atoms with Crippen molar-refractivity contribution in [2.75, 3.05) is 6.26 Å². The lowest BCUT2D eigenvalue weighted by molar-refractivity contribution is 0.112. The Labute approximate surface area is 74.4 Å². The van der Waals surface area contributed by atoms with Gasteiger partial charge in [-0.05, 0) is 12.3 Å². The lowest BCUT2D eigenvalue weighted by Gasteiger charge is -1.97. The van der Waals surface area contributed by atoms with Crippen LogP contribution in [0.1, 0.15) is 15.9 Å². The molecule has 0 aliphatic carbocycles. The van der Waals surface area contributed by atoms with Crippen molar-refractivity contribution in [1.82, 2.24) is 4.98 Å². The largest absolute Gasteiger partial charge is 0.298 e. The smallest absolute Gasteiger partial charge is 0.151 e. The molecule has 1 aromatic rings. The van der Waals surface area contributed by atoms with E-state index in [9.17, 15) is 4.79 Å². The average molecular weight is 178 g/mol. The molecule has 0 saturated carbocycles. The first-order valence-electron chi connectivity index (χ1n) is 3.21. The molecule has 1 rings (SSSR count). The molecular weight excluding hydrogens is 172 g/mol. The van der Waals surface area contributed by atoms with Crippen LogP contribution in [0.5, 0.6) is 0 Å². The fourth-order valence-electron chi connectivity index (χ4n) is 0.776. The van der Waals surface area contributed by atoms with Crippen LogP contribution >= 0.6 is 11.8 Å². The van der Waals surface area contributed by atoms with Crippen molar-refractivity contribution in [2.24, 2.45) is 0 Å². The van der Waals surface area contributed by atoms with Crippen LogP contribution in [0.25, 0.3) is 0 Å². The maximum atomic E-state index is 10.3. The molecule has 3 nitrogen and oxygen atoms in total. The summed E-state index contributed by atoms with van der Waals surface area (Å²) in [6.07, 6.45) is 3.97. The van der Waals surface area contributed by atoms with Crippen LogP contribution in [0.4, 0.5) is 0 Å². The summed E-state index contributed by atoms with van der Waals surface area (Å²) in [4.78, 5) is 14.3. The summed E-state index contributed by atoms with van der Waals surface area (Å²) in [5.74, 6) is 0. The summed E-state index contributed by atoms with van der Waals surface area (Å²) in [6, 6.07) is 3.51. The number of hydrogen-bond donors (Lipinski definition) is 0. The molecule has 0 aromatic carbocycles. The minimum atomic E-state index is 0.435. The Kier molecular flexibility index (Phi) is 2.83. The van der Waals surface area contributed by atoms with Crippen molar-refractivity contribution in [2.45, 2.75) is 5.03 Å². The van der Waals surface area contributed by atoms with Gasteiger partial charge in [0, 0.05) is 11.8 Å². The monoisotopic (exact) mass is 178 g/mol. The van der Waals surface area contributed by atoms with E-state index in [0.29, 0.717) is 22.4 Å². The highest BCUT2D eigenvalue weighted by Crippen LogP contribution is 2.16. The topological polar surface area (TPSA) is 53.8 Å². The van der Waals surface area contributed by atoms with Crippen molar-refractivity contribution >= 4 is 18.0 Å². The molecule has 0 spiro atoms. The number of hydrogen-bond acceptors (Lipinski definition) is 4. The summed E-state index contributed by atoms with van der Waals surface area (Å²) in [5, 5.41) is 9.31. The molecule has 0 aliphatic rings. The zero-order chi connectivity index (χ0) is 8.97. The summed E-state index contributed by atoms with van der Waals surface area (Å²) in [7, 11) is 0. The molecule has 0 unspecified atom stereocenters. The molecule has 4 heteroatoms. The lowest BCUT2D eigenvalue weighted by Crippen LogP contribution is -1.89. The molecule has 12 heavy (non-hydrogen) atoms. The van der Waals surface area contributed by atoms with E-state index in [1.165, 1.54) is 24.0 Å². The van der Waals surface area contributed by atoms with Crippen molar-refractivity contribution in [3.63, 3.8) is 0 Å². The summed E-state index contributed by atoms with van der Waals surface area (Å²) in [6.45, 7) is 0. The second kappa shape index (κ2) is 3.88. The fourth-order valence-corrected chi connectivity index (χ4v) is 1.26. The van der Waals surface area contributed by atoms with Gasteiger partial charge in [-0.15, -0.1) is 11.8 Å². The van der Waals surface area contributed by atoms with Gasteiger partial charge in [-0.3, -0.25) is 4.79 Å². The number of carbonyl (C=O) groups excluding carboxylic acids is 1. The van der Waals surface area contributed by atoms with Gasteiger partial charge < -0.3 is 0 Å². The van der Waals surface area contributed by atoms with Crippen LogP contribution < -0.4 is 0 Å². The highest BCUT2D eigenvalue weighted by molar-refractivity contribution is 7.98. The van der Waals surface area contributed by atoms with E-state index in [1.807, 2.05) is 12.3 Å². The molecule has 0 bridgehead atoms. The Hall–Kier alpha value is -1.34. The highest BCUT2D eigenvalue weighted by atomic mass is 32.2. The maximum absolute atomic E-state index is 10.3. The van der Waals surface area contributed by atoms with E-state index in [-0.39, 0.29) is 0 Å². The van der Waals surface area contributed by atoms with Crippen molar-refractivity contribution in [3.05, 3.63) is 23.4 Å². The Balaban J connectivity index is 3.21. The van der Waals surface area contributed by atoms with Gasteiger partial charge in [0.25, 0.3) is 0 Å². The molecule has 0 N–H and O–H groups in total. The number of aldehydes is 1. The third kappa shape index (κ3) is 1.63. The molecule has 0 atom stereocenters. The van der Waals surface area contributed by atoms with Gasteiger partial charge >= 0.3 is 0 Å². The molecule has 0 radical (unpaired) electrons. The zero-order valence-electron chi connectivity index (χ0n) is 6.44. The third-order valence-electron chi connectivity index (χ3n) is 1.32. The van der Waals surface area contributed by atoms with Gasteiger partial charge in [-0.2, -0.15) is 5.26 Å². The summed E-state index contributed by atoms with van der Waals surface area (Å²) < 4.78 is 0. The van der Waals surface area contributed by atoms with Gasteiger partial charge in [0.2, 0.25) is 0 Å². The number of nitriles is 1. The third-order valence-corrected chi connectivity index (χ3v) is 2.03. The number of pyridine rings is 1. The highest BCUT2D eigenvalue weighted by Gasteiger charge is 2.02. The van der Waals surface area contributed by atoms with E-state index in [4.69, 9.17) is 5.26 Å². The van der Waals surface area contributed by atoms with Crippen LogP contribution in [0.15, 0.2) is 17.3 Å². The van der Waals surface area contributed by atoms with E-state index in [2.05, 4.69) is 4.98 Å². The Morgan fingerprint density at radius 2 is 2.50 bits per heavy atom. The number of nitrogens with zero attached hydrogens (tertiary/aromatic N) is 2. The van der Waals surface area contributed by atoms with Crippen LogP contribution in [0.3, 0.4) is 0 Å². The first kappa shape index (κ1) is 8.75. The van der Waals surface area contributed by atoms with E-state index < -0.39 is 0 Å². The van der Waals surface area contributed by atoms with Crippen LogP contribution in [0, 0.1) is 11.3 Å². The van der Waals surface area contributed by atoms with E-state index >= 15 is 0 Å². The summed E-state index contributed by atoms with van der Waals surface area (Å²) >= 11 is 1.39. The predicted octanol–water partition coefficient (Wildman–Crippen LogP) is 1.49. The van der Waals surface area contributed by atoms with Crippen LogP contribution in [0.2, 0.25) is 0 Å². The molecule has 0 saturated heterocycles. The van der Waals surface area contributed by atoms with Gasteiger partial charge in [0.05, 0.1) is 5.56 Å². The van der Waals surface area contributed by atoms with E-state index in [1.54, 1.807) is 0 Å².